The first-order chi connectivity index (χ1) is 16.0. The van der Waals surface area contributed by atoms with Crippen LogP contribution in [0.25, 0.3) is 27.9 Å². The van der Waals surface area contributed by atoms with E-state index in [1.807, 2.05) is 40.8 Å². The van der Waals surface area contributed by atoms with E-state index in [1.54, 1.807) is 12.1 Å². The van der Waals surface area contributed by atoms with Crippen LogP contribution in [0.4, 0.5) is 0 Å². The second-order valence-corrected chi connectivity index (χ2v) is 9.15. The van der Waals surface area contributed by atoms with Gasteiger partial charge in [-0.25, -0.2) is 4.98 Å². The molecule has 0 bridgehead atoms. The van der Waals surface area contributed by atoms with Crippen molar-refractivity contribution in [2.45, 2.75) is 38.5 Å². The second kappa shape index (κ2) is 7.56. The van der Waals surface area contributed by atoms with Crippen LogP contribution in [0.3, 0.4) is 0 Å². The highest BCUT2D eigenvalue weighted by molar-refractivity contribution is 6.30. The number of aromatic nitrogens is 2. The van der Waals surface area contributed by atoms with E-state index in [4.69, 9.17) is 16.6 Å². The predicted molar refractivity (Wildman–Crippen MR) is 127 cm³/mol. The van der Waals surface area contributed by atoms with Gasteiger partial charge in [-0.15, -0.1) is 0 Å². The van der Waals surface area contributed by atoms with E-state index in [0.29, 0.717) is 64.3 Å². The van der Waals surface area contributed by atoms with Gasteiger partial charge in [-0.1, -0.05) is 41.9 Å². The number of carbonyl (C=O) groups excluding carboxylic acids is 2. The number of phenols is 1. The van der Waals surface area contributed by atoms with E-state index < -0.39 is 0 Å². The SMILES string of the molecule is O=C1CCCc2c1c(-c1ccccc1O)c1c(-c3ccc(Cl)cc3)nc3c(n21)C(=O)CCC3. The van der Waals surface area contributed by atoms with Crippen molar-refractivity contribution in [1.82, 2.24) is 9.38 Å². The summed E-state index contributed by atoms with van der Waals surface area (Å²) in [5.74, 6) is 0.186. The average molecular weight is 457 g/mol. The van der Waals surface area contributed by atoms with Crippen molar-refractivity contribution in [3.63, 3.8) is 0 Å². The Kier molecular flexibility index (Phi) is 4.63. The smallest absolute Gasteiger partial charge is 0.181 e. The van der Waals surface area contributed by atoms with Crippen LogP contribution in [-0.4, -0.2) is 26.1 Å². The van der Waals surface area contributed by atoms with Crippen molar-refractivity contribution < 1.29 is 14.7 Å². The topological polar surface area (TPSA) is 71.7 Å². The second-order valence-electron chi connectivity index (χ2n) is 8.71. The monoisotopic (exact) mass is 456 g/mol. The van der Waals surface area contributed by atoms with E-state index in [9.17, 15) is 14.7 Å². The van der Waals surface area contributed by atoms with Gasteiger partial charge in [0.25, 0.3) is 0 Å². The van der Waals surface area contributed by atoms with Gasteiger partial charge in [-0.3, -0.25) is 9.59 Å². The maximum absolute atomic E-state index is 13.3. The molecule has 0 aliphatic heterocycles. The van der Waals surface area contributed by atoms with Crippen molar-refractivity contribution in [2.75, 3.05) is 0 Å². The molecule has 0 saturated heterocycles. The zero-order valence-corrected chi connectivity index (χ0v) is 18.7. The summed E-state index contributed by atoms with van der Waals surface area (Å²) in [6.45, 7) is 0. The molecule has 1 N–H and O–H groups in total. The van der Waals surface area contributed by atoms with Gasteiger partial charge in [-0.2, -0.15) is 0 Å². The third-order valence-corrected chi connectivity index (χ3v) is 6.96. The number of hydrogen-bond donors (Lipinski definition) is 1. The third kappa shape index (κ3) is 3.03. The summed E-state index contributed by atoms with van der Waals surface area (Å²) in [7, 11) is 0. The first-order valence-corrected chi connectivity index (χ1v) is 11.6. The number of carbonyl (C=O) groups is 2. The van der Waals surface area contributed by atoms with Crippen LogP contribution in [0.15, 0.2) is 48.5 Å². The third-order valence-electron chi connectivity index (χ3n) is 6.71. The molecule has 0 fully saturated rings. The summed E-state index contributed by atoms with van der Waals surface area (Å²) >= 11 is 6.15. The number of nitrogens with zero attached hydrogens (tertiary/aromatic N) is 2. The molecule has 4 aromatic rings. The van der Waals surface area contributed by atoms with E-state index >= 15 is 0 Å². The molecule has 2 aliphatic carbocycles. The summed E-state index contributed by atoms with van der Waals surface area (Å²) < 4.78 is 1.99. The molecule has 5 nitrogen and oxygen atoms in total. The minimum atomic E-state index is 0.0391. The molecule has 2 aliphatic rings. The van der Waals surface area contributed by atoms with Gasteiger partial charge in [0.2, 0.25) is 0 Å². The van der Waals surface area contributed by atoms with Gasteiger partial charge in [0, 0.05) is 45.8 Å². The van der Waals surface area contributed by atoms with Crippen molar-refractivity contribution in [3.05, 3.63) is 76.2 Å². The number of halogens is 1. The van der Waals surface area contributed by atoms with Crippen LogP contribution >= 0.6 is 11.6 Å². The van der Waals surface area contributed by atoms with E-state index in [-0.39, 0.29) is 17.3 Å². The average Bonchev–Trinajstić information content (AvgIpc) is 3.16. The number of ketones is 2. The number of phenolic OH excluding ortho intramolecular Hbond substituents is 1. The molecule has 0 amide bonds. The fraction of sp³-hybridized carbons (Fsp3) is 0.222. The fourth-order valence-electron chi connectivity index (χ4n) is 5.29. The summed E-state index contributed by atoms with van der Waals surface area (Å²) in [6, 6.07) is 14.5. The largest absolute Gasteiger partial charge is 0.507 e. The summed E-state index contributed by atoms with van der Waals surface area (Å²) in [6.07, 6.45) is 3.82. The lowest BCUT2D eigenvalue weighted by atomic mass is 9.90. The predicted octanol–water partition coefficient (Wildman–Crippen LogP) is 6.07. The molecule has 0 unspecified atom stereocenters. The number of fused-ring (bicyclic) bond motifs is 5. The van der Waals surface area contributed by atoms with Gasteiger partial charge in [-0.05, 0) is 43.9 Å². The Labute approximate surface area is 195 Å². The Hall–Kier alpha value is -3.44. The van der Waals surface area contributed by atoms with Crippen LogP contribution in [0.2, 0.25) is 5.02 Å². The minimum Gasteiger partial charge on any atom is -0.507 e. The minimum absolute atomic E-state index is 0.0391. The van der Waals surface area contributed by atoms with Crippen molar-refractivity contribution in [2.24, 2.45) is 0 Å². The lowest BCUT2D eigenvalue weighted by molar-refractivity contribution is 0.0954. The highest BCUT2D eigenvalue weighted by Crippen LogP contribution is 2.45. The number of benzene rings is 2. The number of aromatic hydroxyl groups is 1. The van der Waals surface area contributed by atoms with Crippen molar-refractivity contribution in [3.8, 4) is 28.1 Å². The molecular formula is C27H21ClN2O3. The van der Waals surface area contributed by atoms with Crippen molar-refractivity contribution >= 4 is 28.7 Å². The molecular weight excluding hydrogens is 436 g/mol. The van der Waals surface area contributed by atoms with Gasteiger partial charge in [0.1, 0.15) is 11.4 Å². The molecule has 6 rings (SSSR count). The number of hydrogen-bond acceptors (Lipinski definition) is 4. The Morgan fingerprint density at radius 3 is 2.36 bits per heavy atom. The normalized spacial score (nSPS) is 15.5. The Morgan fingerprint density at radius 1 is 0.848 bits per heavy atom. The molecule has 2 aromatic heterocycles. The van der Waals surface area contributed by atoms with Crippen LogP contribution < -0.4 is 0 Å². The summed E-state index contributed by atoms with van der Waals surface area (Å²) in [4.78, 5) is 31.4. The first-order valence-electron chi connectivity index (χ1n) is 11.3. The van der Waals surface area contributed by atoms with E-state index in [1.165, 1.54) is 0 Å². The standard InChI is InChI=1S/C27H21ClN2O3/c28-16-13-11-15(12-14-16)25-27-23(17-5-1-2-8-20(17)31)24-19(7-4-9-21(24)32)30(27)26-18(29-25)6-3-10-22(26)33/h1-2,5,8,11-14,31H,3-4,6-7,9-10H2. The molecule has 0 atom stereocenters. The maximum atomic E-state index is 13.3. The van der Waals surface area contributed by atoms with Crippen molar-refractivity contribution in [1.29, 1.82) is 0 Å². The summed E-state index contributed by atoms with van der Waals surface area (Å²) in [5, 5.41) is 11.4. The quantitative estimate of drug-likeness (QED) is 0.397. The molecule has 33 heavy (non-hydrogen) atoms. The van der Waals surface area contributed by atoms with Crippen LogP contribution in [0.5, 0.6) is 5.75 Å². The van der Waals surface area contributed by atoms with Gasteiger partial charge in [0.15, 0.2) is 11.6 Å². The number of para-hydroxylation sites is 1. The van der Waals surface area contributed by atoms with E-state index in [2.05, 4.69) is 0 Å². The van der Waals surface area contributed by atoms with Crippen LogP contribution in [0.1, 0.15) is 57.9 Å². The highest BCUT2D eigenvalue weighted by atomic mass is 35.5. The molecule has 0 spiro atoms. The molecule has 164 valence electrons. The Morgan fingerprint density at radius 2 is 1.58 bits per heavy atom. The Balaban J connectivity index is 1.85. The van der Waals surface area contributed by atoms with Gasteiger partial charge >= 0.3 is 0 Å². The number of Topliss-reactive ketones (excluding diaryl/α,β-unsaturated/α-hetero) is 2. The van der Waals surface area contributed by atoms with Gasteiger partial charge < -0.3 is 9.51 Å². The highest BCUT2D eigenvalue weighted by Gasteiger charge is 2.34. The zero-order valence-electron chi connectivity index (χ0n) is 17.9. The van der Waals surface area contributed by atoms with E-state index in [0.717, 1.165) is 29.8 Å². The first kappa shape index (κ1) is 20.2. The summed E-state index contributed by atoms with van der Waals surface area (Å²) in [5.41, 5.74) is 6.29. The number of aryl methyl sites for hydroxylation is 2. The molecule has 0 radical (unpaired) electrons. The van der Waals surface area contributed by atoms with Gasteiger partial charge in [0.05, 0.1) is 16.9 Å². The number of rotatable bonds is 2. The maximum Gasteiger partial charge on any atom is 0.181 e. The molecule has 0 saturated carbocycles. The Bertz CT molecular complexity index is 1470. The molecule has 2 heterocycles. The lowest BCUT2D eigenvalue weighted by Crippen LogP contribution is -2.20. The fourth-order valence-corrected chi connectivity index (χ4v) is 5.42. The zero-order chi connectivity index (χ0) is 22.7. The van der Waals surface area contributed by atoms with Crippen LogP contribution in [-0.2, 0) is 12.8 Å². The lowest BCUT2D eigenvalue weighted by Gasteiger charge is -2.20. The van der Waals surface area contributed by atoms with Crippen LogP contribution in [0, 0.1) is 0 Å². The molecule has 6 heteroatoms. The molecule has 2 aromatic carbocycles.